The number of nitrogens with two attached hydrogens (primary N) is 1. The Balaban J connectivity index is 2.03. The second-order valence-corrected chi connectivity index (χ2v) is 5.50. The summed E-state index contributed by atoms with van der Waals surface area (Å²) in [4.78, 5) is 25.5. The molecule has 0 spiro atoms. The summed E-state index contributed by atoms with van der Waals surface area (Å²) in [6.45, 7) is 3.56. The highest BCUT2D eigenvalue weighted by molar-refractivity contribution is 5.83. The highest BCUT2D eigenvalue weighted by atomic mass is 16.2. The van der Waals surface area contributed by atoms with Gasteiger partial charge in [-0.1, -0.05) is 37.6 Å². The van der Waals surface area contributed by atoms with Gasteiger partial charge in [-0.3, -0.25) is 14.5 Å². The first kappa shape index (κ1) is 15.5. The van der Waals surface area contributed by atoms with Crippen LogP contribution in [-0.2, 0) is 22.6 Å². The number of hydrogen-bond donors (Lipinski definition) is 2. The molecule has 2 amide bonds. The van der Waals surface area contributed by atoms with Gasteiger partial charge in [0.1, 0.15) is 0 Å². The van der Waals surface area contributed by atoms with Gasteiger partial charge < -0.3 is 11.1 Å². The van der Waals surface area contributed by atoms with Crippen molar-refractivity contribution in [1.29, 1.82) is 0 Å². The molecule has 1 heterocycles. The number of nitrogens with one attached hydrogen (secondary N) is 1. The average molecular weight is 289 g/mol. The summed E-state index contributed by atoms with van der Waals surface area (Å²) in [6.07, 6.45) is 2.59. The summed E-state index contributed by atoms with van der Waals surface area (Å²) in [5.41, 5.74) is 7.81. The van der Waals surface area contributed by atoms with Crippen LogP contribution < -0.4 is 11.1 Å². The van der Waals surface area contributed by atoms with Crippen LogP contribution in [0.15, 0.2) is 24.3 Å². The Kier molecular flexibility index (Phi) is 5.33. The fourth-order valence-electron chi connectivity index (χ4n) is 2.67. The van der Waals surface area contributed by atoms with E-state index in [9.17, 15) is 9.59 Å². The third-order valence-corrected chi connectivity index (χ3v) is 3.87. The normalized spacial score (nSPS) is 18.0. The number of hydrogen-bond acceptors (Lipinski definition) is 3. The lowest BCUT2D eigenvalue weighted by Gasteiger charge is -2.34. The van der Waals surface area contributed by atoms with E-state index in [1.54, 1.807) is 0 Å². The van der Waals surface area contributed by atoms with Gasteiger partial charge >= 0.3 is 0 Å². The zero-order chi connectivity index (χ0) is 15.2. The molecule has 3 N–H and O–H groups in total. The maximum absolute atomic E-state index is 12.0. The molecule has 1 atom stereocenters. The predicted octanol–water partition coefficient (Wildman–Crippen LogP) is 0.815. The molecular formula is C16H23N3O2. The van der Waals surface area contributed by atoms with Gasteiger partial charge in [-0.15, -0.1) is 0 Å². The summed E-state index contributed by atoms with van der Waals surface area (Å²) in [7, 11) is 0. The minimum atomic E-state index is -0.406. The minimum absolute atomic E-state index is 0.0471. The molecule has 0 fully saturated rings. The van der Waals surface area contributed by atoms with Crippen molar-refractivity contribution >= 4 is 11.8 Å². The van der Waals surface area contributed by atoms with Crippen LogP contribution >= 0.6 is 0 Å². The first-order valence-electron chi connectivity index (χ1n) is 7.48. The molecule has 1 aliphatic rings. The van der Waals surface area contributed by atoms with Crippen molar-refractivity contribution in [3.8, 4) is 0 Å². The third-order valence-electron chi connectivity index (χ3n) is 3.87. The number of benzene rings is 1. The van der Waals surface area contributed by atoms with Gasteiger partial charge in [0.05, 0.1) is 12.6 Å². The number of nitrogens with zero attached hydrogens (tertiary/aromatic N) is 1. The topological polar surface area (TPSA) is 75.4 Å². The van der Waals surface area contributed by atoms with E-state index in [0.717, 1.165) is 24.0 Å². The molecule has 0 aliphatic carbocycles. The van der Waals surface area contributed by atoms with Crippen molar-refractivity contribution in [2.45, 2.75) is 38.8 Å². The molecule has 5 nitrogen and oxygen atoms in total. The van der Waals surface area contributed by atoms with Crippen molar-refractivity contribution in [2.75, 3.05) is 13.1 Å². The summed E-state index contributed by atoms with van der Waals surface area (Å²) in [6, 6.07) is 7.59. The van der Waals surface area contributed by atoms with E-state index >= 15 is 0 Å². The Morgan fingerprint density at radius 2 is 2.05 bits per heavy atom. The Morgan fingerprint density at radius 3 is 2.71 bits per heavy atom. The van der Waals surface area contributed by atoms with Crippen molar-refractivity contribution < 1.29 is 9.59 Å². The average Bonchev–Trinajstić information content (AvgIpc) is 2.46. The molecule has 0 radical (unpaired) electrons. The molecule has 114 valence electrons. The molecule has 1 aromatic carbocycles. The van der Waals surface area contributed by atoms with E-state index in [2.05, 4.69) is 12.2 Å². The highest BCUT2D eigenvalue weighted by Gasteiger charge is 2.30. The molecule has 21 heavy (non-hydrogen) atoms. The summed E-state index contributed by atoms with van der Waals surface area (Å²) in [5, 5.41) is 2.88. The van der Waals surface area contributed by atoms with Crippen LogP contribution in [0.25, 0.3) is 0 Å². The molecule has 0 unspecified atom stereocenters. The third kappa shape index (κ3) is 4.04. The van der Waals surface area contributed by atoms with Gasteiger partial charge in [0.25, 0.3) is 0 Å². The Bertz CT molecular complexity index is 516. The minimum Gasteiger partial charge on any atom is -0.368 e. The Morgan fingerprint density at radius 1 is 1.33 bits per heavy atom. The van der Waals surface area contributed by atoms with Crippen LogP contribution in [0.2, 0.25) is 0 Å². The van der Waals surface area contributed by atoms with Crippen LogP contribution in [0.4, 0.5) is 0 Å². The number of primary amides is 1. The molecule has 0 saturated heterocycles. The van der Waals surface area contributed by atoms with Gasteiger partial charge in [-0.2, -0.15) is 0 Å². The molecule has 1 aromatic rings. The first-order valence-corrected chi connectivity index (χ1v) is 7.48. The first-order chi connectivity index (χ1) is 10.1. The number of carbonyl (C=O) groups excluding carboxylic acids is 2. The summed E-state index contributed by atoms with van der Waals surface area (Å²) < 4.78 is 0. The zero-order valence-corrected chi connectivity index (χ0v) is 12.5. The number of carbonyl (C=O) groups is 2. The van der Waals surface area contributed by atoms with Gasteiger partial charge in [0, 0.05) is 13.1 Å². The lowest BCUT2D eigenvalue weighted by Crippen LogP contribution is -2.51. The van der Waals surface area contributed by atoms with Gasteiger partial charge in [-0.25, -0.2) is 0 Å². The highest BCUT2D eigenvalue weighted by Crippen LogP contribution is 2.22. The van der Waals surface area contributed by atoms with Gasteiger partial charge in [0.2, 0.25) is 11.8 Å². The predicted molar refractivity (Wildman–Crippen MR) is 81.5 cm³/mol. The molecule has 0 aromatic heterocycles. The van der Waals surface area contributed by atoms with Crippen molar-refractivity contribution in [1.82, 2.24) is 10.2 Å². The second kappa shape index (κ2) is 7.22. The van der Waals surface area contributed by atoms with Crippen LogP contribution in [0.1, 0.15) is 30.9 Å². The van der Waals surface area contributed by atoms with Crippen LogP contribution in [0.5, 0.6) is 0 Å². The lowest BCUT2D eigenvalue weighted by atomic mass is 9.93. The SMILES string of the molecule is CCCCNC(=O)CN1Cc2ccccc2C[C@@H]1C(N)=O. The maximum Gasteiger partial charge on any atom is 0.235 e. The molecule has 2 rings (SSSR count). The smallest absolute Gasteiger partial charge is 0.235 e. The lowest BCUT2D eigenvalue weighted by molar-refractivity contribution is -0.127. The van der Waals surface area contributed by atoms with E-state index in [4.69, 9.17) is 5.73 Å². The van der Waals surface area contributed by atoms with Crippen LogP contribution in [0, 0.1) is 0 Å². The number of fused-ring (bicyclic) bond motifs is 1. The number of unbranched alkanes of at least 4 members (excludes halogenated alkanes) is 1. The molecule has 5 heteroatoms. The summed E-state index contributed by atoms with van der Waals surface area (Å²) in [5.74, 6) is -0.417. The molecule has 1 aliphatic heterocycles. The fourth-order valence-corrected chi connectivity index (χ4v) is 2.67. The van der Waals surface area contributed by atoms with Crippen molar-refractivity contribution in [2.24, 2.45) is 5.73 Å². The molecule has 0 saturated carbocycles. The van der Waals surface area contributed by atoms with E-state index in [1.165, 1.54) is 0 Å². The van der Waals surface area contributed by atoms with Crippen molar-refractivity contribution in [3.05, 3.63) is 35.4 Å². The Hall–Kier alpha value is -1.88. The van der Waals surface area contributed by atoms with E-state index in [-0.39, 0.29) is 18.4 Å². The zero-order valence-electron chi connectivity index (χ0n) is 12.5. The second-order valence-electron chi connectivity index (χ2n) is 5.50. The van der Waals surface area contributed by atoms with E-state index in [0.29, 0.717) is 19.5 Å². The fraction of sp³-hybridized carbons (Fsp3) is 0.500. The van der Waals surface area contributed by atoms with Gasteiger partial charge in [-0.05, 0) is 24.0 Å². The van der Waals surface area contributed by atoms with E-state index < -0.39 is 6.04 Å². The van der Waals surface area contributed by atoms with Crippen LogP contribution in [-0.4, -0.2) is 35.8 Å². The monoisotopic (exact) mass is 289 g/mol. The van der Waals surface area contributed by atoms with E-state index in [1.807, 2.05) is 29.2 Å². The summed E-state index contributed by atoms with van der Waals surface area (Å²) >= 11 is 0. The maximum atomic E-state index is 12.0. The molecular weight excluding hydrogens is 266 g/mol. The largest absolute Gasteiger partial charge is 0.368 e. The van der Waals surface area contributed by atoms with Gasteiger partial charge in [0.15, 0.2) is 0 Å². The molecule has 0 bridgehead atoms. The number of rotatable bonds is 6. The quantitative estimate of drug-likeness (QED) is 0.761. The standard InChI is InChI=1S/C16H23N3O2/c1-2-3-8-18-15(20)11-19-10-13-7-5-4-6-12(13)9-14(19)16(17)21/h4-7,14H,2-3,8-11H2,1H3,(H2,17,21)(H,18,20)/t14-/m1/s1. The van der Waals surface area contributed by atoms with Crippen molar-refractivity contribution in [3.63, 3.8) is 0 Å². The number of amides is 2. The van der Waals surface area contributed by atoms with Crippen LogP contribution in [0.3, 0.4) is 0 Å². The Labute approximate surface area is 125 Å².